The van der Waals surface area contributed by atoms with E-state index in [1.165, 1.54) is 6.92 Å². The molecule has 0 aromatic heterocycles. The van der Waals surface area contributed by atoms with Crippen LogP contribution in [0.4, 0.5) is 4.79 Å². The van der Waals surface area contributed by atoms with E-state index in [-0.39, 0.29) is 19.4 Å². The number of esters is 1. The van der Waals surface area contributed by atoms with Crippen molar-refractivity contribution in [1.29, 1.82) is 0 Å². The fourth-order valence-electron chi connectivity index (χ4n) is 4.07. The van der Waals surface area contributed by atoms with E-state index in [1.807, 2.05) is 91.0 Å². The van der Waals surface area contributed by atoms with Gasteiger partial charge in [0.2, 0.25) is 11.8 Å². The second-order valence-electron chi connectivity index (χ2n) is 11.0. The fourth-order valence-corrected chi connectivity index (χ4v) is 4.07. The molecular weight excluding hydrogens is 534 g/mol. The second-order valence-corrected chi connectivity index (χ2v) is 11.0. The van der Waals surface area contributed by atoms with Gasteiger partial charge in [-0.25, -0.2) is 9.59 Å². The molecule has 0 saturated carbocycles. The maximum atomic E-state index is 13.6. The van der Waals surface area contributed by atoms with Crippen molar-refractivity contribution in [3.05, 3.63) is 108 Å². The van der Waals surface area contributed by atoms with Crippen molar-refractivity contribution in [1.82, 2.24) is 16.0 Å². The van der Waals surface area contributed by atoms with E-state index in [1.54, 1.807) is 20.8 Å². The summed E-state index contributed by atoms with van der Waals surface area (Å²) in [5, 5.41) is 8.09. The summed E-state index contributed by atoms with van der Waals surface area (Å²) in [7, 11) is 0. The number of alkyl carbamates (subject to hydrolysis) is 1. The van der Waals surface area contributed by atoms with Crippen LogP contribution in [0.1, 0.15) is 44.4 Å². The lowest BCUT2D eigenvalue weighted by molar-refractivity contribution is -0.148. The summed E-state index contributed by atoms with van der Waals surface area (Å²) in [5.41, 5.74) is 1.67. The molecule has 3 N–H and O–H groups in total. The molecule has 222 valence electrons. The van der Waals surface area contributed by atoms with E-state index in [9.17, 15) is 19.2 Å². The van der Waals surface area contributed by atoms with Gasteiger partial charge in [0.05, 0.1) is 0 Å². The second kappa shape index (κ2) is 15.4. The number of hydrogen-bond donors (Lipinski definition) is 3. The molecule has 3 aromatic rings. The van der Waals surface area contributed by atoms with Crippen molar-refractivity contribution < 1.29 is 28.7 Å². The molecule has 0 bridgehead atoms. The molecule has 0 aliphatic rings. The number of carbonyl (C=O) groups is 4. The highest BCUT2D eigenvalue weighted by Crippen LogP contribution is 2.10. The third-order valence-electron chi connectivity index (χ3n) is 6.14. The van der Waals surface area contributed by atoms with E-state index in [4.69, 9.17) is 9.47 Å². The summed E-state index contributed by atoms with van der Waals surface area (Å²) in [6.45, 7) is 6.78. The summed E-state index contributed by atoms with van der Waals surface area (Å²) >= 11 is 0. The zero-order valence-corrected chi connectivity index (χ0v) is 24.5. The standard InChI is InChI=1S/C33H39N3O6/c1-23(31(39)41-22-26-18-12-7-13-19-26)34-29(37)27(20-24-14-8-5-9-15-24)35-30(38)28(21-25-16-10-6-11-17-25)36-32(40)42-33(2,3)4/h5-19,23,27-28H,20-22H2,1-4H3,(H,34,37)(H,35,38)(H,36,40)/t23-,27-,28-/m1/s1. The first-order valence-corrected chi connectivity index (χ1v) is 13.9. The Morgan fingerprint density at radius 3 is 1.55 bits per heavy atom. The highest BCUT2D eigenvalue weighted by Gasteiger charge is 2.30. The van der Waals surface area contributed by atoms with Gasteiger partial charge in [-0.3, -0.25) is 9.59 Å². The minimum atomic E-state index is -1.04. The van der Waals surface area contributed by atoms with Gasteiger partial charge in [0.1, 0.15) is 30.3 Å². The first-order chi connectivity index (χ1) is 20.0. The molecular formula is C33H39N3O6. The van der Waals surface area contributed by atoms with Crippen LogP contribution in [0.25, 0.3) is 0 Å². The molecule has 0 spiro atoms. The van der Waals surface area contributed by atoms with Crippen LogP contribution < -0.4 is 16.0 Å². The van der Waals surface area contributed by atoms with Crippen LogP contribution in [-0.2, 0) is 43.3 Å². The Kier molecular flexibility index (Phi) is 11.7. The molecule has 3 atom stereocenters. The molecule has 0 aliphatic carbocycles. The molecule has 0 radical (unpaired) electrons. The third kappa shape index (κ3) is 11.1. The monoisotopic (exact) mass is 573 g/mol. The van der Waals surface area contributed by atoms with Crippen molar-refractivity contribution in [3.63, 3.8) is 0 Å². The Balaban J connectivity index is 1.74. The molecule has 9 heteroatoms. The molecule has 3 rings (SSSR count). The lowest BCUT2D eigenvalue weighted by Crippen LogP contribution is -2.57. The maximum Gasteiger partial charge on any atom is 0.408 e. The average Bonchev–Trinajstić information content (AvgIpc) is 2.95. The number of amides is 3. The topological polar surface area (TPSA) is 123 Å². The molecule has 0 heterocycles. The van der Waals surface area contributed by atoms with Gasteiger partial charge in [0, 0.05) is 12.8 Å². The zero-order valence-electron chi connectivity index (χ0n) is 24.5. The van der Waals surface area contributed by atoms with E-state index < -0.39 is 47.6 Å². The van der Waals surface area contributed by atoms with Crippen LogP contribution in [0.3, 0.4) is 0 Å². The van der Waals surface area contributed by atoms with E-state index in [0.29, 0.717) is 0 Å². The predicted molar refractivity (Wildman–Crippen MR) is 159 cm³/mol. The Morgan fingerprint density at radius 1 is 0.643 bits per heavy atom. The van der Waals surface area contributed by atoms with Crippen molar-refractivity contribution in [2.75, 3.05) is 0 Å². The molecule has 3 amide bonds. The lowest BCUT2D eigenvalue weighted by Gasteiger charge is -2.26. The minimum Gasteiger partial charge on any atom is -0.459 e. The van der Waals surface area contributed by atoms with Gasteiger partial charge in [-0.15, -0.1) is 0 Å². The van der Waals surface area contributed by atoms with Crippen molar-refractivity contribution in [3.8, 4) is 0 Å². The number of nitrogens with one attached hydrogen (secondary N) is 3. The van der Waals surface area contributed by atoms with Gasteiger partial charge in [0.15, 0.2) is 0 Å². The molecule has 0 aliphatic heterocycles. The summed E-state index contributed by atoms with van der Waals surface area (Å²) in [6, 6.07) is 24.6. The quantitative estimate of drug-likeness (QED) is 0.281. The first-order valence-electron chi connectivity index (χ1n) is 13.9. The van der Waals surface area contributed by atoms with Gasteiger partial charge in [-0.1, -0.05) is 91.0 Å². The van der Waals surface area contributed by atoms with E-state index in [0.717, 1.165) is 16.7 Å². The number of rotatable bonds is 12. The average molecular weight is 574 g/mol. The van der Waals surface area contributed by atoms with Crippen molar-refractivity contribution >= 4 is 23.9 Å². The fraction of sp³-hybridized carbons (Fsp3) is 0.333. The van der Waals surface area contributed by atoms with Gasteiger partial charge < -0.3 is 25.4 Å². The summed E-state index contributed by atoms with van der Waals surface area (Å²) in [6.07, 6.45) is -0.417. The number of benzene rings is 3. The van der Waals surface area contributed by atoms with Crippen LogP contribution in [0.5, 0.6) is 0 Å². The third-order valence-corrected chi connectivity index (χ3v) is 6.14. The van der Waals surface area contributed by atoms with Gasteiger partial charge >= 0.3 is 12.1 Å². The zero-order chi connectivity index (χ0) is 30.5. The van der Waals surface area contributed by atoms with Crippen LogP contribution in [-0.4, -0.2) is 47.6 Å². The van der Waals surface area contributed by atoms with Crippen LogP contribution in [0, 0.1) is 0 Å². The highest BCUT2D eigenvalue weighted by atomic mass is 16.6. The largest absolute Gasteiger partial charge is 0.459 e. The molecule has 0 fully saturated rings. The summed E-state index contributed by atoms with van der Waals surface area (Å²) in [5.74, 6) is -1.74. The molecule has 3 aromatic carbocycles. The SMILES string of the molecule is C[C@@H](NC(=O)[C@@H](Cc1ccccc1)NC(=O)[C@@H](Cc1ccccc1)NC(=O)OC(C)(C)C)C(=O)OCc1ccccc1. The Hall–Kier alpha value is -4.66. The van der Waals surface area contributed by atoms with E-state index in [2.05, 4.69) is 16.0 Å². The molecule has 0 unspecified atom stereocenters. The van der Waals surface area contributed by atoms with Gasteiger partial charge in [-0.2, -0.15) is 0 Å². The number of hydrogen-bond acceptors (Lipinski definition) is 6. The Labute approximate surface area is 247 Å². The maximum absolute atomic E-state index is 13.6. The normalized spacial score (nSPS) is 13.1. The number of carbonyl (C=O) groups excluding carboxylic acids is 4. The Bertz CT molecular complexity index is 1310. The smallest absolute Gasteiger partial charge is 0.408 e. The van der Waals surface area contributed by atoms with Gasteiger partial charge in [0.25, 0.3) is 0 Å². The molecule has 42 heavy (non-hydrogen) atoms. The van der Waals surface area contributed by atoms with Crippen LogP contribution in [0.15, 0.2) is 91.0 Å². The Morgan fingerprint density at radius 2 is 1.07 bits per heavy atom. The lowest BCUT2D eigenvalue weighted by atomic mass is 10.0. The number of ether oxygens (including phenoxy) is 2. The van der Waals surface area contributed by atoms with Gasteiger partial charge in [-0.05, 0) is 44.4 Å². The minimum absolute atomic E-state index is 0.0710. The van der Waals surface area contributed by atoms with Crippen molar-refractivity contribution in [2.24, 2.45) is 0 Å². The molecule has 9 nitrogen and oxygen atoms in total. The predicted octanol–water partition coefficient (Wildman–Crippen LogP) is 4.10. The van der Waals surface area contributed by atoms with Crippen LogP contribution >= 0.6 is 0 Å². The van der Waals surface area contributed by atoms with Crippen LogP contribution in [0.2, 0.25) is 0 Å². The highest BCUT2D eigenvalue weighted by molar-refractivity contribution is 5.93. The summed E-state index contributed by atoms with van der Waals surface area (Å²) in [4.78, 5) is 52.2. The van der Waals surface area contributed by atoms with E-state index >= 15 is 0 Å². The molecule has 0 saturated heterocycles. The first kappa shape index (κ1) is 31.9. The van der Waals surface area contributed by atoms with Crippen molar-refractivity contribution in [2.45, 2.75) is 70.9 Å². The summed E-state index contributed by atoms with van der Waals surface area (Å²) < 4.78 is 10.7.